The second-order valence-corrected chi connectivity index (χ2v) is 6.09. The summed E-state index contributed by atoms with van der Waals surface area (Å²) in [7, 11) is 0. The van der Waals surface area contributed by atoms with Gasteiger partial charge >= 0.3 is 0 Å². The van der Waals surface area contributed by atoms with Gasteiger partial charge in [0.25, 0.3) is 0 Å². The van der Waals surface area contributed by atoms with Crippen LogP contribution in [0, 0.1) is 0 Å². The van der Waals surface area contributed by atoms with Crippen LogP contribution in [-0.2, 0) is 9.53 Å². The highest BCUT2D eigenvalue weighted by molar-refractivity contribution is 6.04. The molecule has 0 spiro atoms. The number of amides is 1. The van der Waals surface area contributed by atoms with Gasteiger partial charge in [-0.05, 0) is 12.1 Å². The van der Waals surface area contributed by atoms with Gasteiger partial charge in [-0.1, -0.05) is 0 Å². The molecule has 0 radical (unpaired) electrons. The molecule has 0 aliphatic carbocycles. The molecule has 1 amide bonds. The summed E-state index contributed by atoms with van der Waals surface area (Å²) in [6, 6.07) is 3.92. The van der Waals surface area contributed by atoms with E-state index in [0.717, 1.165) is 30.2 Å². The molecule has 0 aromatic carbocycles. The highest BCUT2D eigenvalue weighted by Crippen LogP contribution is 2.16. The second kappa shape index (κ2) is 7.12. The normalized spacial score (nSPS) is 19.1. The molecule has 0 saturated carbocycles. The number of carbonyl (C=O) groups excluding carboxylic acids is 1. The first-order chi connectivity index (χ1) is 12.3. The largest absolute Gasteiger partial charge is 0.379 e. The molecule has 2 aliphatic rings. The van der Waals surface area contributed by atoms with E-state index in [4.69, 9.17) is 4.74 Å². The zero-order chi connectivity index (χ0) is 17.1. The van der Waals surface area contributed by atoms with E-state index in [1.54, 1.807) is 23.7 Å². The summed E-state index contributed by atoms with van der Waals surface area (Å²) in [5, 5.41) is 6.16. The lowest BCUT2D eigenvalue weighted by Gasteiger charge is -2.32. The van der Waals surface area contributed by atoms with Crippen molar-refractivity contribution in [1.82, 2.24) is 24.4 Å². The van der Waals surface area contributed by atoms with E-state index in [0.29, 0.717) is 32.7 Å². The minimum atomic E-state index is 0.0678. The van der Waals surface area contributed by atoms with Crippen LogP contribution in [0.2, 0.25) is 0 Å². The van der Waals surface area contributed by atoms with E-state index in [1.165, 1.54) is 0 Å². The van der Waals surface area contributed by atoms with Crippen molar-refractivity contribution in [3.8, 4) is 5.82 Å². The van der Waals surface area contributed by atoms with Crippen LogP contribution < -0.4 is 0 Å². The van der Waals surface area contributed by atoms with Crippen LogP contribution in [0.15, 0.2) is 42.2 Å². The summed E-state index contributed by atoms with van der Waals surface area (Å²) in [4.78, 5) is 22.9. The Kier molecular flexibility index (Phi) is 4.53. The molecule has 130 valence electrons. The maximum absolute atomic E-state index is 12.2. The van der Waals surface area contributed by atoms with Crippen molar-refractivity contribution in [3.63, 3.8) is 0 Å². The monoisotopic (exact) mass is 340 g/mol. The van der Waals surface area contributed by atoms with Crippen LogP contribution in [0.3, 0.4) is 0 Å². The number of imidazole rings is 1. The number of hydrazone groups is 1. The highest BCUT2D eigenvalue weighted by atomic mass is 16.5. The SMILES string of the molecule is O=C1CCC(c2ccc(-n3ccnc3)nc2)=NN1CN1CCOCC1. The van der Waals surface area contributed by atoms with Gasteiger partial charge in [0, 0.05) is 50.1 Å². The summed E-state index contributed by atoms with van der Waals surface area (Å²) >= 11 is 0. The fourth-order valence-corrected chi connectivity index (χ4v) is 2.95. The molecule has 8 nitrogen and oxygen atoms in total. The van der Waals surface area contributed by atoms with Crippen LogP contribution in [-0.4, -0.2) is 69.0 Å². The predicted molar refractivity (Wildman–Crippen MR) is 91.2 cm³/mol. The zero-order valence-electron chi connectivity index (χ0n) is 13.9. The third-order valence-electron chi connectivity index (χ3n) is 4.39. The Morgan fingerprint density at radius 3 is 2.76 bits per heavy atom. The smallest absolute Gasteiger partial charge is 0.244 e. The molecule has 4 heterocycles. The standard InChI is InChI=1S/C17H20N6O2/c24-17-4-2-15(20-23(17)13-21-7-9-25-10-8-21)14-1-3-16(19-11-14)22-6-5-18-12-22/h1,3,5-6,11-12H,2,4,7-10,13H2. The summed E-state index contributed by atoms with van der Waals surface area (Å²) in [5.41, 5.74) is 1.85. The lowest BCUT2D eigenvalue weighted by molar-refractivity contribution is -0.135. The van der Waals surface area contributed by atoms with E-state index >= 15 is 0 Å². The number of ether oxygens (including phenoxy) is 1. The van der Waals surface area contributed by atoms with Gasteiger partial charge in [-0.15, -0.1) is 0 Å². The van der Waals surface area contributed by atoms with Gasteiger partial charge in [0.2, 0.25) is 5.91 Å². The number of morpholine rings is 1. The van der Waals surface area contributed by atoms with Gasteiger partial charge in [-0.25, -0.2) is 15.0 Å². The number of carbonyl (C=O) groups is 1. The molecule has 1 fully saturated rings. The van der Waals surface area contributed by atoms with Crippen molar-refractivity contribution < 1.29 is 9.53 Å². The molecular formula is C17H20N6O2. The Hall–Kier alpha value is -2.58. The minimum Gasteiger partial charge on any atom is -0.379 e. The molecule has 0 bridgehead atoms. The topological polar surface area (TPSA) is 75.9 Å². The molecular weight excluding hydrogens is 320 g/mol. The lowest BCUT2D eigenvalue weighted by atomic mass is 10.1. The van der Waals surface area contributed by atoms with Crippen molar-refractivity contribution in [3.05, 3.63) is 42.6 Å². The number of nitrogens with zero attached hydrogens (tertiary/aromatic N) is 6. The molecule has 8 heteroatoms. The summed E-state index contributed by atoms with van der Waals surface area (Å²) in [5.74, 6) is 0.872. The van der Waals surface area contributed by atoms with Gasteiger partial charge in [0.05, 0.1) is 25.6 Å². The maximum Gasteiger partial charge on any atom is 0.244 e. The molecule has 0 atom stereocenters. The molecule has 2 aliphatic heterocycles. The first kappa shape index (κ1) is 15.9. The third-order valence-corrected chi connectivity index (χ3v) is 4.39. The molecule has 2 aromatic heterocycles. The first-order valence-corrected chi connectivity index (χ1v) is 8.42. The number of pyridine rings is 1. The number of hydrogen-bond acceptors (Lipinski definition) is 6. The van der Waals surface area contributed by atoms with Crippen LogP contribution in [0.1, 0.15) is 18.4 Å². The molecule has 4 rings (SSSR count). The van der Waals surface area contributed by atoms with Crippen molar-refractivity contribution in [2.24, 2.45) is 5.10 Å². The zero-order valence-corrected chi connectivity index (χ0v) is 13.9. The van der Waals surface area contributed by atoms with Crippen molar-refractivity contribution in [2.75, 3.05) is 33.0 Å². The fourth-order valence-electron chi connectivity index (χ4n) is 2.95. The van der Waals surface area contributed by atoms with Crippen molar-refractivity contribution in [1.29, 1.82) is 0 Å². The van der Waals surface area contributed by atoms with Crippen molar-refractivity contribution in [2.45, 2.75) is 12.8 Å². The average molecular weight is 340 g/mol. The van der Waals surface area contributed by atoms with E-state index in [9.17, 15) is 4.79 Å². The quantitative estimate of drug-likeness (QED) is 0.826. The fraction of sp³-hybridized carbons (Fsp3) is 0.412. The van der Waals surface area contributed by atoms with Crippen LogP contribution in [0.4, 0.5) is 0 Å². The predicted octanol–water partition coefficient (Wildman–Crippen LogP) is 0.883. The van der Waals surface area contributed by atoms with E-state index in [1.807, 2.05) is 22.9 Å². The van der Waals surface area contributed by atoms with Gasteiger partial charge in [-0.3, -0.25) is 14.3 Å². The highest BCUT2D eigenvalue weighted by Gasteiger charge is 2.24. The Morgan fingerprint density at radius 1 is 1.16 bits per heavy atom. The van der Waals surface area contributed by atoms with Crippen LogP contribution >= 0.6 is 0 Å². The number of hydrogen-bond donors (Lipinski definition) is 0. The molecule has 0 unspecified atom stereocenters. The van der Waals surface area contributed by atoms with Crippen LogP contribution in [0.5, 0.6) is 0 Å². The van der Waals surface area contributed by atoms with E-state index in [-0.39, 0.29) is 5.91 Å². The molecule has 25 heavy (non-hydrogen) atoms. The van der Waals surface area contributed by atoms with Gasteiger partial charge in [0.1, 0.15) is 12.1 Å². The molecule has 0 N–H and O–H groups in total. The van der Waals surface area contributed by atoms with Gasteiger partial charge in [-0.2, -0.15) is 5.10 Å². The number of rotatable bonds is 4. The third kappa shape index (κ3) is 3.59. The Morgan fingerprint density at radius 2 is 2.04 bits per heavy atom. The maximum atomic E-state index is 12.2. The first-order valence-electron chi connectivity index (χ1n) is 8.42. The summed E-state index contributed by atoms with van der Waals surface area (Å²) in [6.45, 7) is 3.59. The van der Waals surface area contributed by atoms with Crippen LogP contribution in [0.25, 0.3) is 5.82 Å². The summed E-state index contributed by atoms with van der Waals surface area (Å²) in [6.07, 6.45) is 8.20. The minimum absolute atomic E-state index is 0.0678. The molecule has 2 aromatic rings. The lowest BCUT2D eigenvalue weighted by Crippen LogP contribution is -2.45. The van der Waals surface area contributed by atoms with E-state index < -0.39 is 0 Å². The van der Waals surface area contributed by atoms with Gasteiger partial charge in [0.15, 0.2) is 0 Å². The van der Waals surface area contributed by atoms with Crippen molar-refractivity contribution >= 4 is 11.6 Å². The Balaban J connectivity index is 1.50. The van der Waals surface area contributed by atoms with Gasteiger partial charge < -0.3 is 4.74 Å². The molecule has 1 saturated heterocycles. The Labute approximate surface area is 145 Å². The second-order valence-electron chi connectivity index (χ2n) is 6.09. The number of aromatic nitrogens is 3. The summed E-state index contributed by atoms with van der Waals surface area (Å²) < 4.78 is 7.20. The average Bonchev–Trinajstić information content (AvgIpc) is 3.19. The Bertz CT molecular complexity index is 750. The van der Waals surface area contributed by atoms with E-state index in [2.05, 4.69) is 20.0 Å².